The van der Waals surface area contributed by atoms with Crippen LogP contribution in [0.25, 0.3) is 0 Å². The molecule has 1 aromatic carbocycles. The van der Waals surface area contributed by atoms with Crippen LogP contribution in [0.5, 0.6) is 0 Å². The minimum Gasteiger partial charge on any atom is -0.357 e. The summed E-state index contributed by atoms with van der Waals surface area (Å²) < 4.78 is 16.0. The van der Waals surface area contributed by atoms with E-state index in [0.29, 0.717) is 12.1 Å². The fraction of sp³-hybridized carbons (Fsp3) is 0.550. The molecule has 28 heavy (non-hydrogen) atoms. The molecule has 0 spiro atoms. The first-order chi connectivity index (χ1) is 13.2. The van der Waals surface area contributed by atoms with Crippen LogP contribution in [-0.4, -0.2) is 33.8 Å². The monoisotopic (exact) mass is 500 g/mol. The molecule has 0 fully saturated rings. The van der Waals surface area contributed by atoms with Crippen LogP contribution < -0.4 is 10.6 Å². The predicted molar refractivity (Wildman–Crippen MR) is 121 cm³/mol. The van der Waals surface area contributed by atoms with Gasteiger partial charge in [-0.2, -0.15) is 0 Å². The lowest BCUT2D eigenvalue weighted by molar-refractivity contribution is 0.600. The Morgan fingerprint density at radius 3 is 2.86 bits per heavy atom. The van der Waals surface area contributed by atoms with Gasteiger partial charge >= 0.3 is 0 Å². The molecule has 2 N–H and O–H groups in total. The van der Waals surface area contributed by atoms with E-state index < -0.39 is 0 Å². The van der Waals surface area contributed by atoms with Crippen molar-refractivity contribution < 1.29 is 4.39 Å². The van der Waals surface area contributed by atoms with Crippen LogP contribution in [0.2, 0.25) is 0 Å². The van der Waals surface area contributed by atoms with Crippen LogP contribution in [0.3, 0.4) is 0 Å². The van der Waals surface area contributed by atoms with E-state index in [0.717, 1.165) is 55.6 Å². The standard InChI is InChI=1S/C20H29FN6.HI/c1-3-22-20(24-14-16-9-8-15(2)17(21)13-16)23-11-10-19-26-25-18-7-5-4-6-12-27(18)19;/h8-9,13H,3-7,10-12,14H2,1-2H3,(H2,22,23,24);1H. The van der Waals surface area contributed by atoms with E-state index in [1.165, 1.54) is 19.3 Å². The van der Waals surface area contributed by atoms with Gasteiger partial charge < -0.3 is 15.2 Å². The molecule has 2 aromatic rings. The van der Waals surface area contributed by atoms with Crippen molar-refractivity contribution in [1.29, 1.82) is 0 Å². The predicted octanol–water partition coefficient (Wildman–Crippen LogP) is 3.37. The zero-order valence-electron chi connectivity index (χ0n) is 16.7. The molecule has 0 unspecified atom stereocenters. The van der Waals surface area contributed by atoms with Gasteiger partial charge in [0.2, 0.25) is 0 Å². The Kier molecular flexibility index (Phi) is 9.14. The van der Waals surface area contributed by atoms with Crippen molar-refractivity contribution in [1.82, 2.24) is 25.4 Å². The summed E-state index contributed by atoms with van der Waals surface area (Å²) in [5, 5.41) is 15.3. The zero-order chi connectivity index (χ0) is 19.1. The van der Waals surface area contributed by atoms with Crippen LogP contribution in [0, 0.1) is 12.7 Å². The third-order valence-electron chi connectivity index (χ3n) is 4.83. The molecule has 8 heteroatoms. The molecule has 1 aliphatic heterocycles. The van der Waals surface area contributed by atoms with Crippen molar-refractivity contribution in [2.45, 2.75) is 59.0 Å². The number of guanidine groups is 1. The molecule has 0 saturated heterocycles. The topological polar surface area (TPSA) is 67.1 Å². The summed E-state index contributed by atoms with van der Waals surface area (Å²) in [6.07, 6.45) is 5.49. The lowest BCUT2D eigenvalue weighted by Gasteiger charge is -2.12. The van der Waals surface area contributed by atoms with E-state index in [-0.39, 0.29) is 29.8 Å². The number of fused-ring (bicyclic) bond motifs is 1. The van der Waals surface area contributed by atoms with Gasteiger partial charge in [0.1, 0.15) is 17.5 Å². The van der Waals surface area contributed by atoms with Crippen LogP contribution in [-0.2, 0) is 25.9 Å². The van der Waals surface area contributed by atoms with Crippen molar-refractivity contribution >= 4 is 29.9 Å². The van der Waals surface area contributed by atoms with Gasteiger partial charge in [-0.15, -0.1) is 34.2 Å². The van der Waals surface area contributed by atoms with Gasteiger partial charge in [0.05, 0.1) is 6.54 Å². The second kappa shape index (κ2) is 11.3. The fourth-order valence-electron chi connectivity index (χ4n) is 3.27. The highest BCUT2D eigenvalue weighted by molar-refractivity contribution is 14.0. The van der Waals surface area contributed by atoms with Crippen LogP contribution in [0.15, 0.2) is 23.2 Å². The summed E-state index contributed by atoms with van der Waals surface area (Å²) >= 11 is 0. The summed E-state index contributed by atoms with van der Waals surface area (Å²) in [6, 6.07) is 5.25. The maximum absolute atomic E-state index is 13.7. The molecule has 0 amide bonds. The Bertz CT molecular complexity index is 789. The molecule has 2 heterocycles. The SMILES string of the molecule is CCNC(=NCc1ccc(C)c(F)c1)NCCc1nnc2n1CCCCC2.I. The Morgan fingerprint density at radius 1 is 1.21 bits per heavy atom. The van der Waals surface area contributed by atoms with Gasteiger partial charge in [-0.1, -0.05) is 18.6 Å². The summed E-state index contributed by atoms with van der Waals surface area (Å²) in [4.78, 5) is 4.56. The molecule has 0 saturated carbocycles. The molecule has 1 aliphatic rings. The van der Waals surface area contributed by atoms with E-state index in [1.807, 2.05) is 13.0 Å². The second-order valence-corrected chi connectivity index (χ2v) is 6.95. The van der Waals surface area contributed by atoms with Crippen molar-refractivity contribution in [2.75, 3.05) is 13.1 Å². The highest BCUT2D eigenvalue weighted by atomic mass is 127. The lowest BCUT2D eigenvalue weighted by Crippen LogP contribution is -2.38. The summed E-state index contributed by atoms with van der Waals surface area (Å²) in [5.74, 6) is 2.70. The summed E-state index contributed by atoms with van der Waals surface area (Å²) in [6.45, 7) is 6.75. The molecule has 1 aromatic heterocycles. The molecule has 154 valence electrons. The minimum atomic E-state index is -0.187. The van der Waals surface area contributed by atoms with E-state index in [1.54, 1.807) is 19.1 Å². The number of aliphatic imine (C=N–C) groups is 1. The first kappa shape index (κ1) is 22.6. The van der Waals surface area contributed by atoms with Gasteiger partial charge in [-0.25, -0.2) is 9.38 Å². The highest BCUT2D eigenvalue weighted by Crippen LogP contribution is 2.14. The Morgan fingerprint density at radius 2 is 2.07 bits per heavy atom. The second-order valence-electron chi connectivity index (χ2n) is 6.95. The normalized spacial score (nSPS) is 14.0. The van der Waals surface area contributed by atoms with Gasteiger partial charge in [0.15, 0.2) is 5.96 Å². The molecule has 0 radical (unpaired) electrons. The van der Waals surface area contributed by atoms with Gasteiger partial charge in [-0.3, -0.25) is 0 Å². The number of hydrogen-bond donors (Lipinski definition) is 2. The van der Waals surface area contributed by atoms with Gasteiger partial charge in [0.25, 0.3) is 0 Å². The lowest BCUT2D eigenvalue weighted by atomic mass is 10.1. The Hall–Kier alpha value is -1.71. The summed E-state index contributed by atoms with van der Waals surface area (Å²) in [5.41, 5.74) is 1.51. The zero-order valence-corrected chi connectivity index (χ0v) is 19.0. The average molecular weight is 500 g/mol. The number of aromatic nitrogens is 3. The number of rotatable bonds is 6. The van der Waals surface area contributed by atoms with E-state index in [9.17, 15) is 4.39 Å². The number of aryl methyl sites for hydroxylation is 2. The third-order valence-corrected chi connectivity index (χ3v) is 4.83. The number of benzene rings is 1. The van der Waals surface area contributed by atoms with Crippen LogP contribution in [0.4, 0.5) is 4.39 Å². The molecular formula is C20H30FIN6. The van der Waals surface area contributed by atoms with E-state index >= 15 is 0 Å². The molecule has 0 atom stereocenters. The Labute approximate surface area is 183 Å². The Balaban J connectivity index is 0.00000280. The molecule has 3 rings (SSSR count). The van der Waals surface area contributed by atoms with Crippen LogP contribution in [0.1, 0.15) is 49.0 Å². The van der Waals surface area contributed by atoms with E-state index in [2.05, 4.69) is 30.4 Å². The van der Waals surface area contributed by atoms with Gasteiger partial charge in [-0.05, 0) is 43.9 Å². The smallest absolute Gasteiger partial charge is 0.191 e. The molecular weight excluding hydrogens is 470 g/mol. The van der Waals surface area contributed by atoms with Crippen molar-refractivity contribution in [3.05, 3.63) is 46.8 Å². The van der Waals surface area contributed by atoms with Crippen molar-refractivity contribution in [3.8, 4) is 0 Å². The molecule has 0 bridgehead atoms. The highest BCUT2D eigenvalue weighted by Gasteiger charge is 2.14. The minimum absolute atomic E-state index is 0. The molecule has 6 nitrogen and oxygen atoms in total. The first-order valence-electron chi connectivity index (χ1n) is 9.85. The molecule has 0 aliphatic carbocycles. The fourth-order valence-corrected chi connectivity index (χ4v) is 3.27. The number of hydrogen-bond acceptors (Lipinski definition) is 3. The maximum atomic E-state index is 13.7. The number of nitrogens with zero attached hydrogens (tertiary/aromatic N) is 4. The van der Waals surface area contributed by atoms with Crippen molar-refractivity contribution in [3.63, 3.8) is 0 Å². The largest absolute Gasteiger partial charge is 0.357 e. The van der Waals surface area contributed by atoms with E-state index in [4.69, 9.17) is 0 Å². The van der Waals surface area contributed by atoms with Crippen molar-refractivity contribution in [2.24, 2.45) is 4.99 Å². The average Bonchev–Trinajstić information content (AvgIpc) is 2.88. The van der Waals surface area contributed by atoms with Crippen LogP contribution >= 0.6 is 24.0 Å². The number of halogens is 2. The third kappa shape index (κ3) is 6.15. The maximum Gasteiger partial charge on any atom is 0.191 e. The summed E-state index contributed by atoms with van der Waals surface area (Å²) in [7, 11) is 0. The number of nitrogens with one attached hydrogen (secondary N) is 2. The van der Waals surface area contributed by atoms with Gasteiger partial charge in [0, 0.05) is 32.5 Å². The first-order valence-corrected chi connectivity index (χ1v) is 9.85. The quantitative estimate of drug-likeness (QED) is 0.363.